The molecule has 0 spiro atoms. The fourth-order valence-corrected chi connectivity index (χ4v) is 1.11. The van der Waals surface area contributed by atoms with Crippen molar-refractivity contribution in [3.63, 3.8) is 0 Å². The van der Waals surface area contributed by atoms with Crippen LogP contribution in [0.2, 0.25) is 0 Å². The molecule has 5 heteroatoms. The SMILES string of the molecule is CS(=O)(=O)OCC1CCN1. The van der Waals surface area contributed by atoms with Crippen molar-refractivity contribution >= 4 is 10.1 Å². The van der Waals surface area contributed by atoms with E-state index in [1.54, 1.807) is 0 Å². The molecule has 4 nitrogen and oxygen atoms in total. The van der Waals surface area contributed by atoms with Crippen molar-refractivity contribution in [1.82, 2.24) is 5.32 Å². The lowest BCUT2D eigenvalue weighted by Crippen LogP contribution is -2.46. The number of rotatable bonds is 3. The zero-order valence-corrected chi connectivity index (χ0v) is 6.65. The van der Waals surface area contributed by atoms with E-state index in [-0.39, 0.29) is 12.6 Å². The second-order valence-corrected chi connectivity index (χ2v) is 4.07. The summed E-state index contributed by atoms with van der Waals surface area (Å²) in [6, 6.07) is 0.245. The van der Waals surface area contributed by atoms with Gasteiger partial charge in [0.15, 0.2) is 0 Å². The van der Waals surface area contributed by atoms with Crippen LogP contribution < -0.4 is 5.32 Å². The highest BCUT2D eigenvalue weighted by molar-refractivity contribution is 7.85. The molecule has 0 aromatic carbocycles. The van der Waals surface area contributed by atoms with Crippen molar-refractivity contribution < 1.29 is 12.6 Å². The first kappa shape index (κ1) is 7.97. The van der Waals surface area contributed by atoms with E-state index in [2.05, 4.69) is 9.50 Å². The second kappa shape index (κ2) is 2.86. The van der Waals surface area contributed by atoms with E-state index in [1.165, 1.54) is 0 Å². The fourth-order valence-electron chi connectivity index (χ4n) is 0.696. The van der Waals surface area contributed by atoms with Gasteiger partial charge in [0.1, 0.15) is 0 Å². The summed E-state index contributed by atoms with van der Waals surface area (Å²) in [5.41, 5.74) is 0. The van der Waals surface area contributed by atoms with Gasteiger partial charge in [-0.05, 0) is 13.0 Å². The van der Waals surface area contributed by atoms with Crippen molar-refractivity contribution in [2.45, 2.75) is 12.5 Å². The van der Waals surface area contributed by atoms with Gasteiger partial charge in [-0.1, -0.05) is 0 Å². The summed E-state index contributed by atoms with van der Waals surface area (Å²) in [6.45, 7) is 1.25. The average molecular weight is 165 g/mol. The lowest BCUT2D eigenvalue weighted by molar-refractivity contribution is 0.224. The standard InChI is InChI=1S/C5H11NO3S/c1-10(7,8)9-4-5-2-3-6-5/h5-6H,2-4H2,1H3. The molecule has 1 aliphatic rings. The first-order valence-electron chi connectivity index (χ1n) is 3.16. The van der Waals surface area contributed by atoms with Gasteiger partial charge in [0.05, 0.1) is 12.9 Å². The Morgan fingerprint density at radius 1 is 1.70 bits per heavy atom. The van der Waals surface area contributed by atoms with Gasteiger partial charge in [0.2, 0.25) is 0 Å². The fraction of sp³-hybridized carbons (Fsp3) is 1.00. The highest BCUT2D eigenvalue weighted by atomic mass is 32.2. The Morgan fingerprint density at radius 3 is 2.60 bits per heavy atom. The first-order valence-corrected chi connectivity index (χ1v) is 4.97. The third kappa shape index (κ3) is 2.64. The maximum absolute atomic E-state index is 10.4. The summed E-state index contributed by atoms with van der Waals surface area (Å²) in [4.78, 5) is 0. The maximum Gasteiger partial charge on any atom is 0.264 e. The third-order valence-corrected chi connectivity index (χ3v) is 1.97. The molecule has 1 N–H and O–H groups in total. The molecule has 1 heterocycles. The molecule has 1 atom stereocenters. The molecule has 0 aromatic rings. The second-order valence-electron chi connectivity index (χ2n) is 2.43. The lowest BCUT2D eigenvalue weighted by Gasteiger charge is -2.26. The summed E-state index contributed by atoms with van der Waals surface area (Å²) in [7, 11) is -3.24. The average Bonchev–Trinajstić information content (AvgIpc) is 1.56. The molecule has 1 rings (SSSR count). The molecule has 0 amide bonds. The molecule has 1 aliphatic heterocycles. The van der Waals surface area contributed by atoms with Crippen LogP contribution in [0, 0.1) is 0 Å². The van der Waals surface area contributed by atoms with Gasteiger partial charge < -0.3 is 5.32 Å². The van der Waals surface area contributed by atoms with Gasteiger partial charge >= 0.3 is 0 Å². The van der Waals surface area contributed by atoms with E-state index < -0.39 is 10.1 Å². The minimum Gasteiger partial charge on any atom is -0.312 e. The number of hydrogen-bond donors (Lipinski definition) is 1. The van der Waals surface area contributed by atoms with E-state index >= 15 is 0 Å². The van der Waals surface area contributed by atoms with Crippen LogP contribution >= 0.6 is 0 Å². The summed E-state index contributed by atoms with van der Waals surface area (Å²) >= 11 is 0. The zero-order valence-electron chi connectivity index (χ0n) is 5.83. The molecule has 0 radical (unpaired) electrons. The first-order chi connectivity index (χ1) is 4.58. The van der Waals surface area contributed by atoms with Crippen LogP contribution in [-0.2, 0) is 14.3 Å². The minimum atomic E-state index is -3.24. The van der Waals surface area contributed by atoms with Gasteiger partial charge in [-0.2, -0.15) is 8.42 Å². The molecule has 10 heavy (non-hydrogen) atoms. The summed E-state index contributed by atoms with van der Waals surface area (Å²) in [6.07, 6.45) is 2.07. The van der Waals surface area contributed by atoms with Gasteiger partial charge in [-0.25, -0.2) is 0 Å². The van der Waals surface area contributed by atoms with Crippen molar-refractivity contribution in [2.24, 2.45) is 0 Å². The third-order valence-electron chi connectivity index (χ3n) is 1.41. The Kier molecular flexibility index (Phi) is 2.28. The normalized spacial score (nSPS) is 25.9. The molecule has 0 aromatic heterocycles. The van der Waals surface area contributed by atoms with Gasteiger partial charge in [0, 0.05) is 6.04 Å². The van der Waals surface area contributed by atoms with Gasteiger partial charge in [-0.3, -0.25) is 4.18 Å². The minimum absolute atomic E-state index is 0.245. The predicted molar refractivity (Wildman–Crippen MR) is 37.2 cm³/mol. The van der Waals surface area contributed by atoms with Crippen molar-refractivity contribution in [2.75, 3.05) is 19.4 Å². The Bertz CT molecular complexity index is 195. The van der Waals surface area contributed by atoms with Crippen LogP contribution in [0.1, 0.15) is 6.42 Å². The van der Waals surface area contributed by atoms with Gasteiger partial charge in [-0.15, -0.1) is 0 Å². The van der Waals surface area contributed by atoms with Crippen LogP contribution in [0.5, 0.6) is 0 Å². The van der Waals surface area contributed by atoms with Gasteiger partial charge in [0.25, 0.3) is 10.1 Å². The quantitative estimate of drug-likeness (QED) is 0.563. The van der Waals surface area contributed by atoms with Crippen LogP contribution in [0.15, 0.2) is 0 Å². The highest BCUT2D eigenvalue weighted by Gasteiger charge is 2.17. The lowest BCUT2D eigenvalue weighted by atomic mass is 10.1. The molecular weight excluding hydrogens is 154 g/mol. The van der Waals surface area contributed by atoms with E-state index in [9.17, 15) is 8.42 Å². The Labute approximate surface area is 60.7 Å². The van der Waals surface area contributed by atoms with Crippen LogP contribution in [0.3, 0.4) is 0 Å². The van der Waals surface area contributed by atoms with E-state index in [0.717, 1.165) is 19.2 Å². The smallest absolute Gasteiger partial charge is 0.264 e. The maximum atomic E-state index is 10.4. The van der Waals surface area contributed by atoms with Crippen LogP contribution in [0.25, 0.3) is 0 Å². The molecule has 60 valence electrons. The zero-order chi connectivity index (χ0) is 7.61. The number of nitrogens with one attached hydrogen (secondary N) is 1. The topological polar surface area (TPSA) is 55.4 Å². The molecule has 0 bridgehead atoms. The molecule has 1 unspecified atom stereocenters. The number of hydrogen-bond acceptors (Lipinski definition) is 4. The summed E-state index contributed by atoms with van der Waals surface area (Å²) in [5.74, 6) is 0. The van der Waals surface area contributed by atoms with E-state index in [4.69, 9.17) is 0 Å². The monoisotopic (exact) mass is 165 g/mol. The molecule has 0 saturated carbocycles. The largest absolute Gasteiger partial charge is 0.312 e. The molecule has 1 saturated heterocycles. The Morgan fingerprint density at radius 2 is 2.30 bits per heavy atom. The highest BCUT2D eigenvalue weighted by Crippen LogP contribution is 2.02. The van der Waals surface area contributed by atoms with Crippen molar-refractivity contribution in [3.8, 4) is 0 Å². The molecule has 1 fully saturated rings. The van der Waals surface area contributed by atoms with Crippen LogP contribution in [0.4, 0.5) is 0 Å². The molecular formula is C5H11NO3S. The predicted octanol–water partition coefficient (Wildman–Crippen LogP) is -0.675. The summed E-state index contributed by atoms with van der Waals surface area (Å²) in [5, 5.41) is 3.03. The van der Waals surface area contributed by atoms with Crippen molar-refractivity contribution in [1.29, 1.82) is 0 Å². The van der Waals surface area contributed by atoms with E-state index in [1.807, 2.05) is 0 Å². The summed E-state index contributed by atoms with van der Waals surface area (Å²) < 4.78 is 25.4. The van der Waals surface area contributed by atoms with E-state index in [0.29, 0.717) is 0 Å². The van der Waals surface area contributed by atoms with Crippen molar-refractivity contribution in [3.05, 3.63) is 0 Å². The van der Waals surface area contributed by atoms with Crippen LogP contribution in [-0.4, -0.2) is 33.9 Å². The Balaban J connectivity index is 2.16. The Hall–Kier alpha value is -0.130. The molecule has 0 aliphatic carbocycles.